The zero-order chi connectivity index (χ0) is 15.1. The van der Waals surface area contributed by atoms with E-state index in [9.17, 15) is 9.18 Å². The summed E-state index contributed by atoms with van der Waals surface area (Å²) in [6, 6.07) is 9.71. The van der Waals surface area contributed by atoms with Crippen molar-refractivity contribution in [2.45, 2.75) is 0 Å². The van der Waals surface area contributed by atoms with Crippen molar-refractivity contribution in [1.29, 1.82) is 0 Å². The smallest absolute Gasteiger partial charge is 0.291 e. The van der Waals surface area contributed by atoms with E-state index in [2.05, 4.69) is 10.1 Å². The lowest BCUT2D eigenvalue weighted by Gasteiger charge is -1.92. The van der Waals surface area contributed by atoms with Gasteiger partial charge in [0.2, 0.25) is 10.8 Å². The standard InChI is InChI=1S/C15H8FN3O2S/c16-10-5-2-1-4-9(10)8-12-14(20)19-15(22-12)17-13(18-19)11-6-3-7-21-11/h1-8H/b12-8-. The Morgan fingerprint density at radius 2 is 2.09 bits per heavy atom. The molecule has 0 bridgehead atoms. The lowest BCUT2D eigenvalue weighted by molar-refractivity contribution is 0.577. The number of hydrogen-bond acceptors (Lipinski definition) is 5. The molecule has 3 aromatic heterocycles. The average Bonchev–Trinajstić information content (AvgIpc) is 3.20. The predicted molar refractivity (Wildman–Crippen MR) is 80.0 cm³/mol. The Labute approximate surface area is 127 Å². The number of benzene rings is 1. The number of rotatable bonds is 2. The van der Waals surface area contributed by atoms with Gasteiger partial charge in [0, 0.05) is 5.56 Å². The summed E-state index contributed by atoms with van der Waals surface area (Å²) in [5, 5.41) is 4.14. The minimum absolute atomic E-state index is 0.325. The molecule has 0 aliphatic carbocycles. The first-order valence-electron chi connectivity index (χ1n) is 6.42. The van der Waals surface area contributed by atoms with E-state index in [0.717, 1.165) is 11.3 Å². The van der Waals surface area contributed by atoms with Crippen molar-refractivity contribution in [3.63, 3.8) is 0 Å². The molecule has 7 heteroatoms. The van der Waals surface area contributed by atoms with Crippen LogP contribution in [0.25, 0.3) is 22.6 Å². The second kappa shape index (κ2) is 4.88. The van der Waals surface area contributed by atoms with Crippen molar-refractivity contribution < 1.29 is 8.81 Å². The monoisotopic (exact) mass is 313 g/mol. The maximum absolute atomic E-state index is 13.7. The van der Waals surface area contributed by atoms with Gasteiger partial charge in [-0.05, 0) is 24.3 Å². The summed E-state index contributed by atoms with van der Waals surface area (Å²) in [5.74, 6) is 0.470. The molecule has 0 aliphatic rings. The van der Waals surface area contributed by atoms with Crippen molar-refractivity contribution in [3.8, 4) is 11.6 Å². The molecule has 0 aliphatic heterocycles. The second-order valence-electron chi connectivity index (χ2n) is 4.54. The van der Waals surface area contributed by atoms with Gasteiger partial charge in [-0.2, -0.15) is 9.50 Å². The van der Waals surface area contributed by atoms with Crippen LogP contribution in [0.5, 0.6) is 0 Å². The van der Waals surface area contributed by atoms with Gasteiger partial charge in [0.1, 0.15) is 5.82 Å². The van der Waals surface area contributed by atoms with Crippen molar-refractivity contribution in [3.05, 3.63) is 68.9 Å². The van der Waals surface area contributed by atoms with Gasteiger partial charge in [-0.1, -0.05) is 29.5 Å². The number of nitrogens with zero attached hydrogens (tertiary/aromatic N) is 3. The minimum Gasteiger partial charge on any atom is -0.461 e. The van der Waals surface area contributed by atoms with Gasteiger partial charge < -0.3 is 4.42 Å². The van der Waals surface area contributed by atoms with Gasteiger partial charge in [-0.25, -0.2) is 4.39 Å². The van der Waals surface area contributed by atoms with Crippen LogP contribution in [0.4, 0.5) is 4.39 Å². The highest BCUT2D eigenvalue weighted by Crippen LogP contribution is 2.16. The van der Waals surface area contributed by atoms with Crippen LogP contribution in [0.1, 0.15) is 5.56 Å². The van der Waals surface area contributed by atoms with E-state index in [4.69, 9.17) is 4.42 Å². The Kier molecular flexibility index (Phi) is 2.87. The first-order valence-corrected chi connectivity index (χ1v) is 7.24. The molecule has 1 aromatic carbocycles. The van der Waals surface area contributed by atoms with E-state index in [-0.39, 0.29) is 11.4 Å². The fourth-order valence-corrected chi connectivity index (χ4v) is 2.98. The lowest BCUT2D eigenvalue weighted by atomic mass is 10.2. The van der Waals surface area contributed by atoms with Crippen LogP contribution in [0.2, 0.25) is 0 Å². The van der Waals surface area contributed by atoms with Gasteiger partial charge >= 0.3 is 0 Å². The van der Waals surface area contributed by atoms with Gasteiger partial charge in [-0.3, -0.25) is 4.79 Å². The van der Waals surface area contributed by atoms with E-state index in [1.54, 1.807) is 30.3 Å². The van der Waals surface area contributed by atoms with Crippen LogP contribution in [-0.2, 0) is 0 Å². The Bertz CT molecular complexity index is 1070. The van der Waals surface area contributed by atoms with Crippen molar-refractivity contribution in [2.24, 2.45) is 0 Å². The van der Waals surface area contributed by atoms with Gasteiger partial charge in [-0.15, -0.1) is 5.10 Å². The molecule has 0 radical (unpaired) electrons. The molecule has 22 heavy (non-hydrogen) atoms. The fraction of sp³-hybridized carbons (Fsp3) is 0. The Hall–Kier alpha value is -2.80. The van der Waals surface area contributed by atoms with E-state index < -0.39 is 0 Å². The summed E-state index contributed by atoms with van der Waals surface area (Å²) in [6.07, 6.45) is 3.02. The molecule has 4 aromatic rings. The Morgan fingerprint density at radius 1 is 1.23 bits per heavy atom. The van der Waals surface area contributed by atoms with Crippen molar-refractivity contribution >= 4 is 22.4 Å². The normalized spacial score (nSPS) is 12.3. The van der Waals surface area contributed by atoms with E-state index in [1.165, 1.54) is 22.9 Å². The summed E-state index contributed by atoms with van der Waals surface area (Å²) >= 11 is 1.16. The van der Waals surface area contributed by atoms with E-state index in [0.29, 0.717) is 26.6 Å². The number of furan rings is 1. The first kappa shape index (κ1) is 12.9. The van der Waals surface area contributed by atoms with Crippen molar-refractivity contribution in [1.82, 2.24) is 14.6 Å². The molecule has 0 N–H and O–H groups in total. The SMILES string of the molecule is O=c1/c(=C/c2ccccc2F)sc2nc(-c3ccco3)nn12. The molecular formula is C15H8FN3O2S. The van der Waals surface area contributed by atoms with E-state index >= 15 is 0 Å². The van der Waals surface area contributed by atoms with Crippen LogP contribution in [0.15, 0.2) is 51.9 Å². The quantitative estimate of drug-likeness (QED) is 0.568. The topological polar surface area (TPSA) is 60.4 Å². The van der Waals surface area contributed by atoms with Gasteiger partial charge in [0.15, 0.2) is 5.76 Å². The maximum atomic E-state index is 13.7. The molecule has 0 saturated carbocycles. The molecule has 3 heterocycles. The van der Waals surface area contributed by atoms with Gasteiger partial charge in [0.25, 0.3) is 5.56 Å². The van der Waals surface area contributed by atoms with E-state index in [1.807, 2.05) is 0 Å². The number of fused-ring (bicyclic) bond motifs is 1. The zero-order valence-electron chi connectivity index (χ0n) is 11.1. The maximum Gasteiger partial charge on any atom is 0.291 e. The van der Waals surface area contributed by atoms with Crippen LogP contribution < -0.4 is 10.1 Å². The summed E-state index contributed by atoms with van der Waals surface area (Å²) in [4.78, 5) is 17.0. The third-order valence-electron chi connectivity index (χ3n) is 3.12. The highest BCUT2D eigenvalue weighted by Gasteiger charge is 2.13. The third kappa shape index (κ3) is 2.03. The number of aromatic nitrogens is 3. The molecule has 0 atom stereocenters. The molecule has 4 rings (SSSR count). The Morgan fingerprint density at radius 3 is 2.82 bits per heavy atom. The third-order valence-corrected chi connectivity index (χ3v) is 4.07. The highest BCUT2D eigenvalue weighted by molar-refractivity contribution is 7.15. The summed E-state index contributed by atoms with van der Waals surface area (Å²) in [5.41, 5.74) is 0.0314. The first-order chi connectivity index (χ1) is 10.7. The molecule has 0 spiro atoms. The number of hydrogen-bond donors (Lipinski definition) is 0. The van der Waals surface area contributed by atoms with Gasteiger partial charge in [0.05, 0.1) is 10.8 Å². The summed E-state index contributed by atoms with van der Waals surface area (Å²) in [6.45, 7) is 0. The molecule has 0 unspecified atom stereocenters. The summed E-state index contributed by atoms with van der Waals surface area (Å²) in [7, 11) is 0. The molecule has 0 saturated heterocycles. The number of thiazole rings is 1. The molecular weight excluding hydrogens is 305 g/mol. The van der Waals surface area contributed by atoms with Crippen LogP contribution in [0.3, 0.4) is 0 Å². The highest BCUT2D eigenvalue weighted by atomic mass is 32.1. The Balaban J connectivity index is 1.88. The van der Waals surface area contributed by atoms with Crippen LogP contribution in [0, 0.1) is 5.82 Å². The molecule has 0 fully saturated rings. The van der Waals surface area contributed by atoms with Crippen molar-refractivity contribution in [2.75, 3.05) is 0 Å². The lowest BCUT2D eigenvalue weighted by Crippen LogP contribution is -2.23. The number of halogens is 1. The summed E-state index contributed by atoms with van der Waals surface area (Å²) < 4.78 is 20.5. The van der Waals surface area contributed by atoms with Crippen LogP contribution in [-0.4, -0.2) is 14.6 Å². The molecule has 5 nitrogen and oxygen atoms in total. The largest absolute Gasteiger partial charge is 0.461 e. The zero-order valence-corrected chi connectivity index (χ0v) is 11.9. The molecule has 0 amide bonds. The molecule has 108 valence electrons. The fourth-order valence-electron chi connectivity index (χ4n) is 2.08. The predicted octanol–water partition coefficient (Wildman–Crippen LogP) is 2.10. The average molecular weight is 313 g/mol. The van der Waals surface area contributed by atoms with Crippen LogP contribution >= 0.6 is 11.3 Å². The second-order valence-corrected chi connectivity index (χ2v) is 5.55. The minimum atomic E-state index is -0.378.